The molecule has 0 saturated carbocycles. The summed E-state index contributed by atoms with van der Waals surface area (Å²) >= 11 is 1.04. The topological polar surface area (TPSA) is 268 Å². The predicted molar refractivity (Wildman–Crippen MR) is 295 cm³/mol. The van der Waals surface area contributed by atoms with E-state index in [4.69, 9.17) is 14.5 Å². The van der Waals surface area contributed by atoms with E-state index in [2.05, 4.69) is 15.5 Å². The average Bonchev–Trinajstić information content (AvgIpc) is 3.99. The third kappa shape index (κ3) is 17.9. The standard InChI is InChI=1S/C55H87N9O13S/c1-12-35(4)48(42(76-10)31-45(67)63-25-19-22-41(63)49(77-11)36(5)50(69)57-39(53(72)73)30-38-20-15-13-16-21-38)60(9)52(71)47(34(2)3)58-55(59(7)8)62-28-26-61(27-29-62)44(66)23-17-14-18-24-64-46(68)32-43(51(64)70)78-33-40(54(74)75)56-37(6)65/h13,15-16,20-21,34-36,39-43,47-49H,12,14,17-19,22-33H2,1-11H3,(H,56,65)(H,57,69)(H,72,73)(H,74,75)/t35-,36+,39-,40-,41-,42+,43?,47?,48-,49+/m0/s1. The van der Waals surface area contributed by atoms with E-state index in [0.29, 0.717) is 83.6 Å². The lowest BCUT2D eigenvalue weighted by atomic mass is 9.89. The van der Waals surface area contributed by atoms with E-state index in [-0.39, 0.29) is 72.9 Å². The van der Waals surface area contributed by atoms with E-state index in [1.165, 1.54) is 18.9 Å². The molecule has 2 unspecified atom stereocenters. The van der Waals surface area contributed by atoms with Gasteiger partial charge in [0, 0.05) is 107 Å². The number of hydrogen-bond acceptors (Lipinski definition) is 13. The van der Waals surface area contributed by atoms with Crippen molar-refractivity contribution < 1.29 is 62.8 Å². The highest BCUT2D eigenvalue weighted by Gasteiger charge is 2.44. The van der Waals surface area contributed by atoms with Crippen molar-refractivity contribution in [1.82, 2.24) is 40.0 Å². The number of likely N-dealkylation sites (tertiary alicyclic amines) is 2. The summed E-state index contributed by atoms with van der Waals surface area (Å²) in [6, 6.07) is 4.95. The van der Waals surface area contributed by atoms with Crippen LogP contribution in [0.4, 0.5) is 0 Å². The van der Waals surface area contributed by atoms with Crippen molar-refractivity contribution in [3.05, 3.63) is 35.9 Å². The molecule has 3 heterocycles. The zero-order chi connectivity index (χ0) is 58.0. The molecule has 0 radical (unpaired) electrons. The van der Waals surface area contributed by atoms with Crippen LogP contribution in [-0.2, 0) is 59.0 Å². The molecule has 23 heteroatoms. The SMILES string of the molecule is CC[C@H](C)[C@@H]([C@@H](CC(=O)N1CCC[C@H]1[C@H](OC)[C@@H](C)C(=O)N[C@@H](Cc1ccccc1)C(=O)O)OC)N(C)C(=O)C(N=C(N(C)C)N1CCN(C(=O)CCCCCN2C(=O)CC(SC[C@H](NC(C)=O)C(=O)O)C2=O)CC1)C(C)C. The minimum atomic E-state index is -1.22. The Bertz CT molecular complexity index is 2250. The third-order valence-electron chi connectivity index (χ3n) is 15.2. The van der Waals surface area contributed by atoms with Crippen molar-refractivity contribution in [3.8, 4) is 0 Å². The zero-order valence-electron chi connectivity index (χ0n) is 47.7. The van der Waals surface area contributed by atoms with Gasteiger partial charge in [-0.3, -0.25) is 38.5 Å². The molecular weight excluding hydrogens is 1030 g/mol. The van der Waals surface area contributed by atoms with Gasteiger partial charge in [0.15, 0.2) is 5.96 Å². The Morgan fingerprint density at radius 3 is 2.04 bits per heavy atom. The number of unbranched alkanes of at least 4 members (excludes halogenated alkanes) is 2. The van der Waals surface area contributed by atoms with Crippen LogP contribution in [0.1, 0.15) is 105 Å². The van der Waals surface area contributed by atoms with Crippen LogP contribution in [0.15, 0.2) is 35.3 Å². The van der Waals surface area contributed by atoms with E-state index in [9.17, 15) is 53.4 Å². The minimum absolute atomic E-state index is 0.00406. The first-order valence-electron chi connectivity index (χ1n) is 27.4. The molecule has 0 aliphatic carbocycles. The number of rotatable bonds is 29. The normalized spacial score (nSPS) is 20.1. The van der Waals surface area contributed by atoms with Gasteiger partial charge in [0.1, 0.15) is 18.1 Å². The summed E-state index contributed by atoms with van der Waals surface area (Å²) in [5.41, 5.74) is 0.767. The number of likely N-dealkylation sites (N-methyl/N-ethyl adjacent to an activating group) is 1. The molecule has 0 aromatic heterocycles. The maximum atomic E-state index is 14.8. The number of aliphatic carboxylic acids is 2. The summed E-state index contributed by atoms with van der Waals surface area (Å²) in [4.78, 5) is 133. The first kappa shape index (κ1) is 64.7. The maximum absolute atomic E-state index is 14.8. The Kier molecular flexibility index (Phi) is 25.8. The molecule has 3 fully saturated rings. The van der Waals surface area contributed by atoms with E-state index in [1.54, 1.807) is 43.0 Å². The van der Waals surface area contributed by atoms with Crippen LogP contribution in [0.5, 0.6) is 0 Å². The van der Waals surface area contributed by atoms with Gasteiger partial charge >= 0.3 is 11.9 Å². The number of benzene rings is 1. The fraction of sp³-hybridized carbons (Fsp3) is 0.709. The molecule has 7 amide bonds. The van der Waals surface area contributed by atoms with Crippen molar-refractivity contribution in [2.24, 2.45) is 22.7 Å². The second-order valence-electron chi connectivity index (χ2n) is 21.4. The van der Waals surface area contributed by atoms with Crippen LogP contribution >= 0.6 is 11.8 Å². The quantitative estimate of drug-likeness (QED) is 0.0389. The highest BCUT2D eigenvalue weighted by molar-refractivity contribution is 8.00. The van der Waals surface area contributed by atoms with Crippen molar-refractivity contribution in [1.29, 1.82) is 0 Å². The summed E-state index contributed by atoms with van der Waals surface area (Å²) < 4.78 is 12.0. The van der Waals surface area contributed by atoms with Crippen LogP contribution < -0.4 is 10.6 Å². The Balaban J connectivity index is 1.35. The number of aliphatic imine (C=N–C) groups is 1. The van der Waals surface area contributed by atoms with Crippen LogP contribution in [0.2, 0.25) is 0 Å². The first-order chi connectivity index (χ1) is 36.9. The lowest BCUT2D eigenvalue weighted by molar-refractivity contribution is -0.147. The molecule has 3 aliphatic rings. The van der Waals surface area contributed by atoms with Gasteiger partial charge in [-0.2, -0.15) is 0 Å². The Morgan fingerprint density at radius 2 is 1.47 bits per heavy atom. The summed E-state index contributed by atoms with van der Waals surface area (Å²) in [7, 11) is 8.50. The number of imide groups is 1. The van der Waals surface area contributed by atoms with Crippen LogP contribution in [0.25, 0.3) is 0 Å². The molecule has 3 aliphatic heterocycles. The number of amides is 7. The smallest absolute Gasteiger partial charge is 0.327 e. The van der Waals surface area contributed by atoms with Crippen molar-refractivity contribution in [2.45, 2.75) is 153 Å². The van der Waals surface area contributed by atoms with Crippen LogP contribution in [0, 0.1) is 17.8 Å². The van der Waals surface area contributed by atoms with E-state index < -0.39 is 77.3 Å². The molecular formula is C55H87N9O13S. The molecule has 4 N–H and O–H groups in total. The number of carbonyl (C=O) groups excluding carboxylic acids is 7. The van der Waals surface area contributed by atoms with Crippen molar-refractivity contribution >= 4 is 71.0 Å². The van der Waals surface area contributed by atoms with Gasteiger partial charge in [-0.1, -0.05) is 77.8 Å². The molecule has 10 atom stereocenters. The van der Waals surface area contributed by atoms with Crippen molar-refractivity contribution in [3.63, 3.8) is 0 Å². The lowest BCUT2D eigenvalue weighted by Gasteiger charge is -2.41. The Labute approximate surface area is 464 Å². The first-order valence-corrected chi connectivity index (χ1v) is 28.4. The number of piperazine rings is 1. The van der Waals surface area contributed by atoms with Gasteiger partial charge < -0.3 is 54.8 Å². The van der Waals surface area contributed by atoms with Gasteiger partial charge in [-0.25, -0.2) is 14.6 Å². The number of methoxy groups -OCH3 is 2. The number of carboxylic acids is 2. The number of nitrogens with one attached hydrogen (secondary N) is 2. The van der Waals surface area contributed by atoms with E-state index in [0.717, 1.165) is 17.3 Å². The summed E-state index contributed by atoms with van der Waals surface area (Å²) in [5.74, 6) is -5.05. The molecule has 4 rings (SSSR count). The number of hydrogen-bond donors (Lipinski definition) is 4. The van der Waals surface area contributed by atoms with Gasteiger partial charge in [-0.15, -0.1) is 11.8 Å². The molecule has 78 heavy (non-hydrogen) atoms. The van der Waals surface area contributed by atoms with Crippen molar-refractivity contribution in [2.75, 3.05) is 80.4 Å². The minimum Gasteiger partial charge on any atom is -0.480 e. The van der Waals surface area contributed by atoms with Gasteiger partial charge in [0.05, 0.1) is 41.9 Å². The highest BCUT2D eigenvalue weighted by atomic mass is 32.2. The van der Waals surface area contributed by atoms with Gasteiger partial charge in [0.2, 0.25) is 41.4 Å². The molecule has 1 aromatic carbocycles. The summed E-state index contributed by atoms with van der Waals surface area (Å²) in [5, 5.41) is 23.7. The highest BCUT2D eigenvalue weighted by Crippen LogP contribution is 2.31. The second kappa shape index (κ2) is 31.1. The Morgan fingerprint density at radius 1 is 0.833 bits per heavy atom. The number of ether oxygens (including phenoxy) is 2. The lowest BCUT2D eigenvalue weighted by Crippen LogP contribution is -2.56. The average molecular weight is 1110 g/mol. The largest absolute Gasteiger partial charge is 0.480 e. The maximum Gasteiger partial charge on any atom is 0.327 e. The molecule has 3 saturated heterocycles. The monoisotopic (exact) mass is 1110 g/mol. The predicted octanol–water partition coefficient (Wildman–Crippen LogP) is 2.82. The summed E-state index contributed by atoms with van der Waals surface area (Å²) in [6.07, 6.45) is 2.55. The van der Waals surface area contributed by atoms with Gasteiger partial charge in [0.25, 0.3) is 0 Å². The zero-order valence-corrected chi connectivity index (χ0v) is 48.5. The second-order valence-corrected chi connectivity index (χ2v) is 22.6. The third-order valence-corrected chi connectivity index (χ3v) is 16.5. The fourth-order valence-electron chi connectivity index (χ4n) is 10.6. The molecule has 0 bridgehead atoms. The fourth-order valence-corrected chi connectivity index (χ4v) is 11.8. The summed E-state index contributed by atoms with van der Waals surface area (Å²) in [6.45, 7) is 13.3. The number of thioether (sulfide) groups is 1. The molecule has 0 spiro atoms. The molecule has 1 aromatic rings. The number of carboxylic acid groups (broad SMARTS) is 2. The number of carbonyl (C=O) groups is 9. The van der Waals surface area contributed by atoms with Crippen LogP contribution in [0.3, 0.4) is 0 Å². The number of nitrogens with zero attached hydrogens (tertiary/aromatic N) is 7. The van der Waals surface area contributed by atoms with E-state index in [1.807, 2.05) is 69.8 Å². The Hall–Kier alpha value is -5.81. The van der Waals surface area contributed by atoms with E-state index >= 15 is 0 Å². The van der Waals surface area contributed by atoms with Gasteiger partial charge in [-0.05, 0) is 43.1 Å². The molecule has 22 nitrogen and oxygen atoms in total. The molecule has 436 valence electrons. The van der Waals surface area contributed by atoms with Crippen LogP contribution in [-0.4, -0.2) is 227 Å². The number of guanidine groups is 1.